The first-order valence-corrected chi connectivity index (χ1v) is 8.98. The number of thiophene rings is 1. The van der Waals surface area contributed by atoms with Crippen LogP contribution in [-0.2, 0) is 6.54 Å². The second-order valence-electron chi connectivity index (χ2n) is 5.32. The highest BCUT2D eigenvalue weighted by atomic mass is 32.1. The predicted molar refractivity (Wildman–Crippen MR) is 95.2 cm³/mol. The molecule has 7 heteroatoms. The van der Waals surface area contributed by atoms with Crippen LogP contribution >= 0.6 is 22.7 Å². The lowest BCUT2D eigenvalue weighted by Gasteiger charge is -2.08. The van der Waals surface area contributed by atoms with Gasteiger partial charge < -0.3 is 0 Å². The molecule has 0 aliphatic heterocycles. The molecule has 4 nitrogen and oxygen atoms in total. The van der Waals surface area contributed by atoms with Crippen LogP contribution in [0.3, 0.4) is 0 Å². The van der Waals surface area contributed by atoms with E-state index in [1.165, 1.54) is 34.8 Å². The van der Waals surface area contributed by atoms with Crippen molar-refractivity contribution in [2.45, 2.75) is 13.5 Å². The van der Waals surface area contributed by atoms with Crippen molar-refractivity contribution >= 4 is 33.0 Å². The van der Waals surface area contributed by atoms with Gasteiger partial charge in [0, 0.05) is 0 Å². The number of halogens is 1. The van der Waals surface area contributed by atoms with Crippen molar-refractivity contribution < 1.29 is 4.39 Å². The molecule has 0 aliphatic carbocycles. The highest BCUT2D eigenvalue weighted by Crippen LogP contribution is 2.31. The summed E-state index contributed by atoms with van der Waals surface area (Å²) < 4.78 is 15.0. The van der Waals surface area contributed by atoms with Gasteiger partial charge in [0.25, 0.3) is 0 Å². The van der Waals surface area contributed by atoms with Gasteiger partial charge >= 0.3 is 5.69 Å². The number of fused-ring (bicyclic) bond motifs is 1. The molecular formula is C17H12FN3OS2. The Balaban J connectivity index is 1.92. The minimum absolute atomic E-state index is 0.270. The van der Waals surface area contributed by atoms with Crippen molar-refractivity contribution in [1.29, 1.82) is 0 Å². The summed E-state index contributed by atoms with van der Waals surface area (Å²) in [5, 5.41) is 2.81. The summed E-state index contributed by atoms with van der Waals surface area (Å²) in [6.07, 6.45) is 0. The van der Waals surface area contributed by atoms with Crippen molar-refractivity contribution in [2.24, 2.45) is 0 Å². The quantitative estimate of drug-likeness (QED) is 0.555. The van der Waals surface area contributed by atoms with Gasteiger partial charge in [-0.25, -0.2) is 14.2 Å². The van der Waals surface area contributed by atoms with Crippen molar-refractivity contribution in [3.63, 3.8) is 0 Å². The fourth-order valence-corrected chi connectivity index (χ4v) is 4.22. The lowest BCUT2D eigenvalue weighted by atomic mass is 10.2. The molecule has 0 radical (unpaired) electrons. The van der Waals surface area contributed by atoms with Crippen molar-refractivity contribution in [1.82, 2.24) is 14.5 Å². The van der Waals surface area contributed by atoms with E-state index in [1.54, 1.807) is 16.7 Å². The molecule has 0 N–H and O–H groups in total. The Morgan fingerprint density at radius 3 is 2.83 bits per heavy atom. The van der Waals surface area contributed by atoms with Gasteiger partial charge in [-0.1, -0.05) is 18.2 Å². The lowest BCUT2D eigenvalue weighted by Crippen LogP contribution is -2.24. The van der Waals surface area contributed by atoms with Crippen LogP contribution in [0.5, 0.6) is 0 Å². The third kappa shape index (κ3) is 2.65. The smallest absolute Gasteiger partial charge is 0.277 e. The number of aromatic nitrogens is 3. The molecule has 4 rings (SSSR count). The maximum absolute atomic E-state index is 13.4. The van der Waals surface area contributed by atoms with Gasteiger partial charge in [-0.3, -0.25) is 4.57 Å². The van der Waals surface area contributed by atoms with E-state index in [4.69, 9.17) is 0 Å². The fraction of sp³-hybridized carbons (Fsp3) is 0.118. The van der Waals surface area contributed by atoms with Crippen LogP contribution in [0.2, 0.25) is 0 Å². The average molecular weight is 357 g/mol. The highest BCUT2D eigenvalue weighted by molar-refractivity contribution is 7.18. The van der Waals surface area contributed by atoms with Gasteiger partial charge in [0.1, 0.15) is 21.9 Å². The molecule has 24 heavy (non-hydrogen) atoms. The zero-order valence-corrected chi connectivity index (χ0v) is 14.3. The van der Waals surface area contributed by atoms with E-state index in [9.17, 15) is 9.18 Å². The molecule has 0 bridgehead atoms. The molecule has 0 unspecified atom stereocenters. The fourth-order valence-electron chi connectivity index (χ4n) is 2.59. The van der Waals surface area contributed by atoms with Crippen LogP contribution in [0.25, 0.3) is 20.9 Å². The van der Waals surface area contributed by atoms with Gasteiger partial charge in [-0.15, -0.1) is 22.7 Å². The Morgan fingerprint density at radius 2 is 2.08 bits per heavy atom. The SMILES string of the molecule is Cc1nc2c(-c3cccs3)nc(=O)n(Cc3cccc(F)c3)c2s1. The Bertz CT molecular complexity index is 1080. The summed E-state index contributed by atoms with van der Waals surface area (Å²) in [6, 6.07) is 10.1. The number of aryl methyl sites for hydroxylation is 1. The van der Waals surface area contributed by atoms with Gasteiger partial charge in [-0.2, -0.15) is 4.98 Å². The Kier molecular flexibility index (Phi) is 3.74. The molecule has 0 aliphatic rings. The third-order valence-electron chi connectivity index (χ3n) is 3.61. The molecule has 4 aromatic rings. The third-order valence-corrected chi connectivity index (χ3v) is 5.48. The maximum Gasteiger partial charge on any atom is 0.349 e. The first kappa shape index (κ1) is 15.2. The van der Waals surface area contributed by atoms with Crippen molar-refractivity contribution in [2.75, 3.05) is 0 Å². The second-order valence-corrected chi connectivity index (χ2v) is 7.45. The monoisotopic (exact) mass is 357 g/mol. The molecular weight excluding hydrogens is 345 g/mol. The van der Waals surface area contributed by atoms with E-state index in [0.29, 0.717) is 5.69 Å². The summed E-state index contributed by atoms with van der Waals surface area (Å²) in [4.78, 5) is 23.1. The van der Waals surface area contributed by atoms with Crippen LogP contribution in [0.4, 0.5) is 4.39 Å². The zero-order valence-electron chi connectivity index (χ0n) is 12.7. The topological polar surface area (TPSA) is 47.8 Å². The maximum atomic E-state index is 13.4. The molecule has 0 spiro atoms. The molecule has 0 saturated carbocycles. The molecule has 1 aromatic carbocycles. The molecule has 120 valence electrons. The normalized spacial score (nSPS) is 11.2. The van der Waals surface area contributed by atoms with Crippen LogP contribution < -0.4 is 5.69 Å². The summed E-state index contributed by atoms with van der Waals surface area (Å²) >= 11 is 2.98. The van der Waals surface area contributed by atoms with E-state index in [2.05, 4.69) is 9.97 Å². The number of hydrogen-bond donors (Lipinski definition) is 0. The van der Waals surface area contributed by atoms with E-state index >= 15 is 0 Å². The molecule has 0 amide bonds. The van der Waals surface area contributed by atoms with Gasteiger partial charge in [0.05, 0.1) is 16.4 Å². The summed E-state index contributed by atoms with van der Waals surface area (Å²) in [5.74, 6) is -0.319. The number of benzene rings is 1. The molecule has 0 fully saturated rings. The minimum atomic E-state index is -0.348. The van der Waals surface area contributed by atoms with E-state index in [-0.39, 0.29) is 18.1 Å². The Hall–Kier alpha value is -2.38. The second kappa shape index (κ2) is 5.92. The number of hydrogen-bond acceptors (Lipinski definition) is 5. The summed E-state index contributed by atoms with van der Waals surface area (Å²) in [6.45, 7) is 2.17. The Labute approximate surface area is 144 Å². The van der Waals surface area contributed by atoms with Crippen molar-refractivity contribution in [3.05, 3.63) is 68.7 Å². The minimum Gasteiger partial charge on any atom is -0.277 e. The number of nitrogens with zero attached hydrogens (tertiary/aromatic N) is 3. The molecule has 3 aromatic heterocycles. The van der Waals surface area contributed by atoms with E-state index < -0.39 is 0 Å². The van der Waals surface area contributed by atoms with E-state index in [0.717, 1.165) is 25.8 Å². The van der Waals surface area contributed by atoms with Crippen molar-refractivity contribution in [3.8, 4) is 10.6 Å². The van der Waals surface area contributed by atoms with E-state index in [1.807, 2.05) is 24.4 Å². The zero-order chi connectivity index (χ0) is 16.7. The molecule has 3 heterocycles. The summed E-state index contributed by atoms with van der Waals surface area (Å²) in [7, 11) is 0. The first-order valence-electron chi connectivity index (χ1n) is 7.28. The molecule has 0 atom stereocenters. The molecule has 0 saturated heterocycles. The highest BCUT2D eigenvalue weighted by Gasteiger charge is 2.17. The Morgan fingerprint density at radius 1 is 1.21 bits per heavy atom. The van der Waals surface area contributed by atoms with Gasteiger partial charge in [-0.05, 0) is 36.1 Å². The first-order chi connectivity index (χ1) is 11.6. The van der Waals surface area contributed by atoms with Crippen LogP contribution in [0.15, 0.2) is 46.6 Å². The van der Waals surface area contributed by atoms with Crippen LogP contribution in [0, 0.1) is 12.7 Å². The van der Waals surface area contributed by atoms with Crippen LogP contribution in [0.1, 0.15) is 10.6 Å². The number of rotatable bonds is 3. The predicted octanol–water partition coefficient (Wildman–Crippen LogP) is 4.08. The number of thiazole rings is 1. The lowest BCUT2D eigenvalue weighted by molar-refractivity contribution is 0.623. The van der Waals surface area contributed by atoms with Crippen LogP contribution in [-0.4, -0.2) is 14.5 Å². The average Bonchev–Trinajstić information content (AvgIpc) is 3.19. The standard InChI is InChI=1S/C17H12FN3OS2/c1-10-19-15-14(13-6-3-7-23-13)20-17(22)21(16(15)24-10)9-11-4-2-5-12(18)8-11/h2-8H,9H2,1H3. The van der Waals surface area contributed by atoms with Gasteiger partial charge in [0.2, 0.25) is 0 Å². The largest absolute Gasteiger partial charge is 0.349 e. The summed E-state index contributed by atoms with van der Waals surface area (Å²) in [5.41, 5.74) is 1.70. The van der Waals surface area contributed by atoms with Gasteiger partial charge in [0.15, 0.2) is 0 Å².